The third-order valence-corrected chi connectivity index (χ3v) is 6.40. The minimum absolute atomic E-state index is 0.0497. The van der Waals surface area contributed by atoms with Crippen molar-refractivity contribution in [3.8, 4) is 0 Å². The fraction of sp³-hybridized carbons (Fsp3) is 0.625. The second-order valence-corrected chi connectivity index (χ2v) is 8.23. The largest absolute Gasteiger partial charge is 0.366 e. The lowest BCUT2D eigenvalue weighted by molar-refractivity contribution is 0.0998. The summed E-state index contributed by atoms with van der Waals surface area (Å²) in [6, 6.07) is 1.53. The van der Waals surface area contributed by atoms with Crippen molar-refractivity contribution in [3.63, 3.8) is 0 Å². The molecule has 1 amide bonds. The Kier molecular flexibility index (Phi) is 5.21. The molecular formula is C16H24N2O3S. The first kappa shape index (κ1) is 16.9. The van der Waals surface area contributed by atoms with Gasteiger partial charge >= 0.3 is 0 Å². The number of nitrogens with two attached hydrogens (primary N) is 1. The molecule has 0 saturated heterocycles. The molecule has 1 aromatic rings. The molecule has 1 aliphatic rings. The van der Waals surface area contributed by atoms with Gasteiger partial charge in [0.2, 0.25) is 5.91 Å². The van der Waals surface area contributed by atoms with Gasteiger partial charge in [0.05, 0.1) is 5.25 Å². The Morgan fingerprint density at radius 3 is 2.64 bits per heavy atom. The van der Waals surface area contributed by atoms with E-state index in [0.29, 0.717) is 24.0 Å². The molecule has 5 nitrogen and oxygen atoms in total. The van der Waals surface area contributed by atoms with E-state index in [1.807, 2.05) is 6.92 Å². The normalized spacial score (nSPS) is 16.5. The number of primary amides is 1. The first-order chi connectivity index (χ1) is 10.4. The summed E-state index contributed by atoms with van der Waals surface area (Å²) < 4.78 is 25.2. The van der Waals surface area contributed by atoms with Crippen LogP contribution in [0.15, 0.2) is 17.3 Å². The average molecular weight is 324 g/mol. The summed E-state index contributed by atoms with van der Waals surface area (Å²) in [5.41, 5.74) is 6.25. The number of hydrogen-bond donors (Lipinski definition) is 1. The van der Waals surface area contributed by atoms with Gasteiger partial charge in [-0.15, -0.1) is 0 Å². The Balaban J connectivity index is 2.45. The number of unbranched alkanes of at least 4 members (excludes halogenated alkanes) is 2. The molecule has 1 heterocycles. The highest BCUT2D eigenvalue weighted by atomic mass is 32.2. The van der Waals surface area contributed by atoms with Crippen molar-refractivity contribution >= 4 is 15.7 Å². The fourth-order valence-electron chi connectivity index (χ4n) is 2.75. The molecule has 0 aliphatic heterocycles. The molecule has 0 aromatic carbocycles. The van der Waals surface area contributed by atoms with Crippen LogP contribution in [-0.4, -0.2) is 24.6 Å². The van der Waals surface area contributed by atoms with Crippen LogP contribution in [-0.2, 0) is 9.84 Å². The second-order valence-electron chi connectivity index (χ2n) is 6.08. The zero-order chi connectivity index (χ0) is 16.3. The Bertz CT molecular complexity index is 651. The van der Waals surface area contributed by atoms with Crippen LogP contribution >= 0.6 is 0 Å². The molecule has 6 heteroatoms. The average Bonchev–Trinajstić information content (AvgIpc) is 3.31. The van der Waals surface area contributed by atoms with E-state index in [1.54, 1.807) is 0 Å². The molecule has 22 heavy (non-hydrogen) atoms. The summed E-state index contributed by atoms with van der Waals surface area (Å²) in [6.07, 6.45) is 6.72. The van der Waals surface area contributed by atoms with Gasteiger partial charge in [-0.3, -0.25) is 4.79 Å². The van der Waals surface area contributed by atoms with Crippen LogP contribution in [0, 0.1) is 0 Å². The van der Waals surface area contributed by atoms with E-state index in [9.17, 15) is 13.2 Å². The van der Waals surface area contributed by atoms with Gasteiger partial charge in [0.25, 0.3) is 0 Å². The van der Waals surface area contributed by atoms with E-state index in [1.165, 1.54) is 12.3 Å². The number of rotatable bonds is 8. The molecule has 1 saturated carbocycles. The number of sulfone groups is 1. The predicted molar refractivity (Wildman–Crippen MR) is 85.5 cm³/mol. The summed E-state index contributed by atoms with van der Waals surface area (Å²) in [6.45, 7) is 4.07. The summed E-state index contributed by atoms with van der Waals surface area (Å²) >= 11 is 0. The topological polar surface area (TPSA) is 90.1 Å². The van der Waals surface area contributed by atoms with E-state index in [-0.39, 0.29) is 16.2 Å². The fourth-order valence-corrected chi connectivity index (χ4v) is 4.65. The van der Waals surface area contributed by atoms with E-state index in [2.05, 4.69) is 11.9 Å². The summed E-state index contributed by atoms with van der Waals surface area (Å²) in [4.78, 5) is 15.8. The van der Waals surface area contributed by atoms with Crippen LogP contribution < -0.4 is 5.73 Å². The first-order valence-corrected chi connectivity index (χ1v) is 9.46. The Morgan fingerprint density at radius 1 is 1.41 bits per heavy atom. The molecule has 2 rings (SSSR count). The number of aromatic nitrogens is 1. The lowest BCUT2D eigenvalue weighted by Gasteiger charge is -2.18. The number of amides is 1. The minimum Gasteiger partial charge on any atom is -0.366 e. The molecule has 1 aliphatic carbocycles. The van der Waals surface area contributed by atoms with Crippen LogP contribution in [0.1, 0.15) is 74.2 Å². The maximum atomic E-state index is 12.6. The lowest BCUT2D eigenvalue weighted by Crippen LogP contribution is -2.20. The quantitative estimate of drug-likeness (QED) is 0.744. The monoisotopic (exact) mass is 324 g/mol. The highest BCUT2D eigenvalue weighted by Crippen LogP contribution is 2.37. The minimum atomic E-state index is -3.45. The van der Waals surface area contributed by atoms with Crippen molar-refractivity contribution in [2.45, 2.75) is 68.6 Å². The number of pyridine rings is 1. The highest BCUT2D eigenvalue weighted by Gasteiger charge is 2.40. The number of hydrogen-bond acceptors (Lipinski definition) is 4. The third-order valence-electron chi connectivity index (χ3n) is 4.19. The van der Waals surface area contributed by atoms with Crippen molar-refractivity contribution in [2.24, 2.45) is 5.73 Å². The zero-order valence-corrected chi connectivity index (χ0v) is 14.0. The number of carbonyl (C=O) groups is 1. The van der Waals surface area contributed by atoms with Gasteiger partial charge in [-0.1, -0.05) is 33.1 Å². The Hall–Kier alpha value is -1.43. The van der Waals surface area contributed by atoms with Crippen molar-refractivity contribution in [1.82, 2.24) is 4.98 Å². The van der Waals surface area contributed by atoms with Gasteiger partial charge in [0, 0.05) is 17.3 Å². The predicted octanol–water partition coefficient (Wildman–Crippen LogP) is 2.80. The van der Waals surface area contributed by atoms with Crippen LogP contribution in [0.5, 0.6) is 0 Å². The van der Waals surface area contributed by atoms with E-state index >= 15 is 0 Å². The van der Waals surface area contributed by atoms with Gasteiger partial charge in [0.1, 0.15) is 0 Å². The van der Waals surface area contributed by atoms with Crippen molar-refractivity contribution < 1.29 is 13.2 Å². The molecule has 1 unspecified atom stereocenters. The van der Waals surface area contributed by atoms with Crippen molar-refractivity contribution in [3.05, 3.63) is 23.4 Å². The van der Waals surface area contributed by atoms with Crippen LogP contribution in [0.3, 0.4) is 0 Å². The Labute approximate surface area is 132 Å². The second kappa shape index (κ2) is 6.77. The molecule has 122 valence electrons. The van der Waals surface area contributed by atoms with Gasteiger partial charge in [-0.05, 0) is 31.2 Å². The smallest absolute Gasteiger partial charge is 0.249 e. The zero-order valence-electron chi connectivity index (χ0n) is 13.2. The van der Waals surface area contributed by atoms with Crippen LogP contribution in [0.25, 0.3) is 0 Å². The van der Waals surface area contributed by atoms with Crippen LogP contribution in [0.2, 0.25) is 0 Å². The molecule has 1 aromatic heterocycles. The summed E-state index contributed by atoms with van der Waals surface area (Å²) in [5.74, 6) is -0.640. The summed E-state index contributed by atoms with van der Waals surface area (Å²) in [7, 11) is -3.45. The number of nitrogens with zero attached hydrogens (tertiary/aromatic N) is 1. The molecule has 1 fully saturated rings. The van der Waals surface area contributed by atoms with Gasteiger partial charge < -0.3 is 5.73 Å². The lowest BCUT2D eigenvalue weighted by atomic mass is 9.92. The maximum Gasteiger partial charge on any atom is 0.249 e. The SMILES string of the molecule is CCCCCC(C)c1c(C(N)=O)ccnc1S(=O)(=O)C1CC1. The highest BCUT2D eigenvalue weighted by molar-refractivity contribution is 7.92. The maximum absolute atomic E-state index is 12.6. The molecule has 2 N–H and O–H groups in total. The first-order valence-electron chi connectivity index (χ1n) is 7.92. The third kappa shape index (κ3) is 3.48. The van der Waals surface area contributed by atoms with Gasteiger partial charge in [0.15, 0.2) is 14.9 Å². The summed E-state index contributed by atoms with van der Waals surface area (Å²) in [5, 5.41) is -0.278. The van der Waals surface area contributed by atoms with Gasteiger partial charge in [-0.2, -0.15) is 0 Å². The number of carbonyl (C=O) groups excluding carboxylic acids is 1. The van der Waals surface area contributed by atoms with E-state index in [4.69, 9.17) is 5.73 Å². The molecule has 0 spiro atoms. The molecule has 1 atom stereocenters. The molecule has 0 radical (unpaired) electrons. The van der Waals surface area contributed by atoms with Crippen molar-refractivity contribution in [2.75, 3.05) is 0 Å². The van der Waals surface area contributed by atoms with Crippen molar-refractivity contribution in [1.29, 1.82) is 0 Å². The molecule has 0 bridgehead atoms. The van der Waals surface area contributed by atoms with E-state index < -0.39 is 15.7 Å². The Morgan fingerprint density at radius 2 is 2.09 bits per heavy atom. The van der Waals surface area contributed by atoms with Gasteiger partial charge in [-0.25, -0.2) is 13.4 Å². The van der Waals surface area contributed by atoms with Crippen LogP contribution in [0.4, 0.5) is 0 Å². The molecular weight excluding hydrogens is 300 g/mol. The standard InChI is InChI=1S/C16H24N2O3S/c1-3-4-5-6-11(2)14-13(15(17)19)9-10-18-16(14)22(20,21)12-7-8-12/h9-12H,3-8H2,1-2H3,(H2,17,19). The van der Waals surface area contributed by atoms with E-state index in [0.717, 1.165) is 25.7 Å².